The van der Waals surface area contributed by atoms with Crippen molar-refractivity contribution < 1.29 is 9.90 Å². The largest absolute Gasteiger partial charge is 0.480 e. The molecule has 1 aromatic heterocycles. The number of unbranched alkanes of at least 4 members (excludes halogenated alkanes) is 1. The van der Waals surface area contributed by atoms with Crippen LogP contribution in [-0.4, -0.2) is 22.1 Å². The average molecular weight is 236 g/mol. The van der Waals surface area contributed by atoms with Crippen LogP contribution in [0.2, 0.25) is 0 Å². The Morgan fingerprint density at radius 1 is 1.53 bits per heavy atom. The number of nitrogens with zero attached hydrogens (tertiary/aromatic N) is 1. The molecule has 0 aromatic carbocycles. The lowest BCUT2D eigenvalue weighted by Gasteiger charge is -2.19. The molecule has 1 heterocycles. The maximum atomic E-state index is 11.1. The van der Waals surface area contributed by atoms with Crippen LogP contribution in [0.15, 0.2) is 24.4 Å². The third kappa shape index (κ3) is 4.53. The van der Waals surface area contributed by atoms with E-state index in [4.69, 9.17) is 5.11 Å². The van der Waals surface area contributed by atoms with E-state index in [9.17, 15) is 4.79 Å². The summed E-state index contributed by atoms with van der Waals surface area (Å²) in [6.07, 6.45) is 4.29. The highest BCUT2D eigenvalue weighted by atomic mass is 16.4. The Hall–Kier alpha value is -1.42. The molecule has 1 rings (SSSR count). The van der Waals surface area contributed by atoms with Crippen molar-refractivity contribution in [1.82, 2.24) is 10.3 Å². The minimum absolute atomic E-state index is 0.0471. The lowest BCUT2D eigenvalue weighted by Crippen LogP contribution is -2.38. The van der Waals surface area contributed by atoms with Gasteiger partial charge in [-0.25, -0.2) is 0 Å². The van der Waals surface area contributed by atoms with Crippen LogP contribution in [0.25, 0.3) is 0 Å². The molecule has 17 heavy (non-hydrogen) atoms. The van der Waals surface area contributed by atoms with Gasteiger partial charge in [-0.05, 0) is 25.5 Å². The van der Waals surface area contributed by atoms with Crippen molar-refractivity contribution >= 4 is 5.97 Å². The van der Waals surface area contributed by atoms with Gasteiger partial charge in [-0.1, -0.05) is 25.8 Å². The molecule has 1 unspecified atom stereocenters. The molecule has 0 saturated heterocycles. The molecule has 0 aliphatic carbocycles. The van der Waals surface area contributed by atoms with Gasteiger partial charge in [0.15, 0.2) is 0 Å². The lowest BCUT2D eigenvalue weighted by atomic mass is 10.1. The van der Waals surface area contributed by atoms with E-state index in [1.807, 2.05) is 25.1 Å². The third-order valence-corrected chi connectivity index (χ3v) is 2.73. The molecule has 0 saturated carbocycles. The van der Waals surface area contributed by atoms with Gasteiger partial charge in [0.05, 0.1) is 5.69 Å². The van der Waals surface area contributed by atoms with Crippen LogP contribution in [-0.2, 0) is 4.79 Å². The van der Waals surface area contributed by atoms with Crippen molar-refractivity contribution in [3.63, 3.8) is 0 Å². The molecular weight excluding hydrogens is 216 g/mol. The summed E-state index contributed by atoms with van der Waals surface area (Å²) >= 11 is 0. The molecule has 1 aromatic rings. The molecular formula is C13H20N2O2. The Labute approximate surface area is 102 Å². The topological polar surface area (TPSA) is 62.2 Å². The fourth-order valence-electron chi connectivity index (χ4n) is 1.71. The van der Waals surface area contributed by atoms with Gasteiger partial charge in [-0.3, -0.25) is 15.1 Å². The number of carbonyl (C=O) groups is 1. The zero-order valence-corrected chi connectivity index (χ0v) is 10.4. The monoisotopic (exact) mass is 236 g/mol. The van der Waals surface area contributed by atoms with Gasteiger partial charge in [-0.2, -0.15) is 0 Å². The van der Waals surface area contributed by atoms with E-state index >= 15 is 0 Å². The summed E-state index contributed by atoms with van der Waals surface area (Å²) in [6, 6.07) is 5.11. The standard InChI is InChI=1S/C13H20N2O2/c1-3-4-7-12(13(16)17)15-10(2)11-8-5-6-9-14-11/h5-6,8-10,12,15H,3-4,7H2,1-2H3,(H,16,17)/t10-,12?/m0/s1. The molecule has 4 heteroatoms. The van der Waals surface area contributed by atoms with Crippen LogP contribution in [0.4, 0.5) is 0 Å². The van der Waals surface area contributed by atoms with Crippen LogP contribution in [0, 0.1) is 0 Å². The van der Waals surface area contributed by atoms with Gasteiger partial charge < -0.3 is 5.11 Å². The van der Waals surface area contributed by atoms with E-state index in [1.165, 1.54) is 0 Å². The van der Waals surface area contributed by atoms with Gasteiger partial charge >= 0.3 is 5.97 Å². The van der Waals surface area contributed by atoms with Crippen molar-refractivity contribution in [2.45, 2.75) is 45.2 Å². The van der Waals surface area contributed by atoms with E-state index in [2.05, 4.69) is 17.2 Å². The van der Waals surface area contributed by atoms with E-state index < -0.39 is 12.0 Å². The maximum absolute atomic E-state index is 11.1. The molecule has 0 aliphatic rings. The molecule has 2 N–H and O–H groups in total. The third-order valence-electron chi connectivity index (χ3n) is 2.73. The molecule has 0 aliphatic heterocycles. The number of carboxylic acids is 1. The Bertz CT molecular complexity index is 341. The number of rotatable bonds is 7. The predicted molar refractivity (Wildman–Crippen MR) is 66.7 cm³/mol. The second-order valence-corrected chi connectivity index (χ2v) is 4.18. The lowest BCUT2D eigenvalue weighted by molar-refractivity contribution is -0.139. The van der Waals surface area contributed by atoms with Crippen molar-refractivity contribution in [3.8, 4) is 0 Å². The van der Waals surface area contributed by atoms with Crippen molar-refractivity contribution in [2.24, 2.45) is 0 Å². The Morgan fingerprint density at radius 3 is 2.82 bits per heavy atom. The number of pyridine rings is 1. The second-order valence-electron chi connectivity index (χ2n) is 4.18. The summed E-state index contributed by atoms with van der Waals surface area (Å²) in [5.41, 5.74) is 0.871. The molecule has 0 spiro atoms. The number of aromatic nitrogens is 1. The number of carboxylic acid groups (broad SMARTS) is 1. The smallest absolute Gasteiger partial charge is 0.320 e. The minimum atomic E-state index is -0.791. The molecule has 2 atom stereocenters. The van der Waals surface area contributed by atoms with Gasteiger partial charge in [0.1, 0.15) is 6.04 Å². The maximum Gasteiger partial charge on any atom is 0.320 e. The highest BCUT2D eigenvalue weighted by molar-refractivity contribution is 5.73. The van der Waals surface area contributed by atoms with Gasteiger partial charge in [0, 0.05) is 12.2 Å². The van der Waals surface area contributed by atoms with Crippen LogP contribution in [0.1, 0.15) is 44.8 Å². The molecule has 0 amide bonds. The summed E-state index contributed by atoms with van der Waals surface area (Å²) in [4.78, 5) is 15.3. The van der Waals surface area contributed by atoms with Crippen LogP contribution in [0.3, 0.4) is 0 Å². The number of aliphatic carboxylic acids is 1. The minimum Gasteiger partial charge on any atom is -0.480 e. The quantitative estimate of drug-likeness (QED) is 0.763. The zero-order valence-electron chi connectivity index (χ0n) is 10.4. The van der Waals surface area contributed by atoms with Gasteiger partial charge in [0.25, 0.3) is 0 Å². The Kier molecular flexibility index (Phi) is 5.63. The summed E-state index contributed by atoms with van der Waals surface area (Å²) in [5, 5.41) is 12.2. The predicted octanol–water partition coefficient (Wildman–Crippen LogP) is 2.38. The van der Waals surface area contributed by atoms with Crippen molar-refractivity contribution in [3.05, 3.63) is 30.1 Å². The van der Waals surface area contributed by atoms with Crippen molar-refractivity contribution in [2.75, 3.05) is 0 Å². The second kappa shape index (κ2) is 7.01. The SMILES string of the molecule is CCCCC(N[C@@H](C)c1ccccn1)C(=O)O. The van der Waals surface area contributed by atoms with E-state index in [-0.39, 0.29) is 6.04 Å². The normalized spacial score (nSPS) is 14.2. The summed E-state index contributed by atoms with van der Waals surface area (Å²) < 4.78 is 0. The number of hydrogen-bond donors (Lipinski definition) is 2. The van der Waals surface area contributed by atoms with Crippen molar-refractivity contribution in [1.29, 1.82) is 0 Å². The van der Waals surface area contributed by atoms with Crippen LogP contribution in [0.5, 0.6) is 0 Å². The first-order chi connectivity index (χ1) is 8.15. The first-order valence-corrected chi connectivity index (χ1v) is 6.05. The average Bonchev–Trinajstić information content (AvgIpc) is 2.35. The molecule has 0 radical (unpaired) electrons. The first-order valence-electron chi connectivity index (χ1n) is 6.05. The van der Waals surface area contributed by atoms with Gasteiger partial charge in [0.2, 0.25) is 0 Å². The van der Waals surface area contributed by atoms with E-state index in [0.29, 0.717) is 6.42 Å². The fraction of sp³-hybridized carbons (Fsp3) is 0.538. The summed E-state index contributed by atoms with van der Waals surface area (Å²) in [7, 11) is 0. The van der Waals surface area contributed by atoms with Gasteiger partial charge in [-0.15, -0.1) is 0 Å². The first kappa shape index (κ1) is 13.6. The molecule has 94 valence electrons. The van der Waals surface area contributed by atoms with Crippen LogP contribution >= 0.6 is 0 Å². The number of nitrogens with one attached hydrogen (secondary N) is 1. The highest BCUT2D eigenvalue weighted by Gasteiger charge is 2.19. The molecule has 0 fully saturated rings. The molecule has 4 nitrogen and oxygen atoms in total. The van der Waals surface area contributed by atoms with E-state index in [1.54, 1.807) is 6.20 Å². The Morgan fingerprint density at radius 2 is 2.29 bits per heavy atom. The van der Waals surface area contributed by atoms with E-state index in [0.717, 1.165) is 18.5 Å². The number of hydrogen-bond acceptors (Lipinski definition) is 3. The Balaban J connectivity index is 2.58. The summed E-state index contributed by atoms with van der Waals surface area (Å²) in [5.74, 6) is -0.791. The fourth-order valence-corrected chi connectivity index (χ4v) is 1.71. The summed E-state index contributed by atoms with van der Waals surface area (Å²) in [6.45, 7) is 3.99. The van der Waals surface area contributed by atoms with Crippen LogP contribution < -0.4 is 5.32 Å². The highest BCUT2D eigenvalue weighted by Crippen LogP contribution is 2.11. The molecule has 0 bridgehead atoms. The zero-order chi connectivity index (χ0) is 12.7.